The zero-order valence-corrected chi connectivity index (χ0v) is 15.7. The Morgan fingerprint density at radius 2 is 2.04 bits per heavy atom. The van der Waals surface area contributed by atoms with Gasteiger partial charge in [0.15, 0.2) is 0 Å². The van der Waals surface area contributed by atoms with E-state index in [1.54, 1.807) is 17.2 Å². The SMILES string of the molecule is CCN(CC)C(=O)Cn1c(=O)c(C(N)=O)cc2c(NCC3CC3)ccnc21. The van der Waals surface area contributed by atoms with Crippen molar-refractivity contribution < 1.29 is 9.59 Å². The van der Waals surface area contributed by atoms with Crippen molar-refractivity contribution >= 4 is 28.5 Å². The Bertz CT molecular complexity index is 929. The van der Waals surface area contributed by atoms with Crippen molar-refractivity contribution in [2.24, 2.45) is 11.7 Å². The number of aromatic nitrogens is 2. The van der Waals surface area contributed by atoms with E-state index in [9.17, 15) is 14.4 Å². The van der Waals surface area contributed by atoms with Gasteiger partial charge in [-0.15, -0.1) is 0 Å². The van der Waals surface area contributed by atoms with Gasteiger partial charge in [0, 0.05) is 36.9 Å². The number of primary amides is 1. The maximum atomic E-state index is 12.8. The first kappa shape index (κ1) is 18.9. The number of pyridine rings is 2. The molecule has 0 bridgehead atoms. The summed E-state index contributed by atoms with van der Waals surface area (Å²) in [5, 5.41) is 3.97. The van der Waals surface area contributed by atoms with E-state index in [-0.39, 0.29) is 18.0 Å². The lowest BCUT2D eigenvalue weighted by Gasteiger charge is -2.20. The van der Waals surface area contributed by atoms with Gasteiger partial charge in [0.05, 0.1) is 0 Å². The molecule has 8 heteroatoms. The van der Waals surface area contributed by atoms with Crippen molar-refractivity contribution in [3.63, 3.8) is 0 Å². The Morgan fingerprint density at radius 1 is 1.33 bits per heavy atom. The average Bonchev–Trinajstić information content (AvgIpc) is 3.47. The maximum Gasteiger partial charge on any atom is 0.265 e. The minimum atomic E-state index is -0.817. The van der Waals surface area contributed by atoms with E-state index < -0.39 is 11.5 Å². The number of hydrogen-bond donors (Lipinski definition) is 2. The average molecular weight is 371 g/mol. The second kappa shape index (κ2) is 7.77. The molecule has 1 fully saturated rings. The molecular weight excluding hydrogens is 346 g/mol. The fourth-order valence-electron chi connectivity index (χ4n) is 3.13. The van der Waals surface area contributed by atoms with Gasteiger partial charge >= 0.3 is 0 Å². The van der Waals surface area contributed by atoms with Crippen LogP contribution >= 0.6 is 0 Å². The zero-order chi connectivity index (χ0) is 19.6. The lowest BCUT2D eigenvalue weighted by Crippen LogP contribution is -2.38. The Labute approximate surface area is 157 Å². The van der Waals surface area contributed by atoms with E-state index in [0.29, 0.717) is 30.0 Å². The summed E-state index contributed by atoms with van der Waals surface area (Å²) in [7, 11) is 0. The molecule has 8 nitrogen and oxygen atoms in total. The third-order valence-electron chi connectivity index (χ3n) is 4.94. The van der Waals surface area contributed by atoms with Gasteiger partial charge in [0.1, 0.15) is 17.8 Å². The molecular formula is C19H25N5O3. The van der Waals surface area contributed by atoms with Crippen LogP contribution in [0.15, 0.2) is 23.1 Å². The summed E-state index contributed by atoms with van der Waals surface area (Å²) in [5.41, 5.74) is 5.82. The molecule has 27 heavy (non-hydrogen) atoms. The van der Waals surface area contributed by atoms with Crippen molar-refractivity contribution in [3.05, 3.63) is 34.2 Å². The van der Waals surface area contributed by atoms with Gasteiger partial charge in [0.25, 0.3) is 11.5 Å². The fourth-order valence-corrected chi connectivity index (χ4v) is 3.13. The van der Waals surface area contributed by atoms with Gasteiger partial charge in [0.2, 0.25) is 5.91 Å². The van der Waals surface area contributed by atoms with E-state index >= 15 is 0 Å². The van der Waals surface area contributed by atoms with Crippen molar-refractivity contribution in [2.75, 3.05) is 25.0 Å². The molecule has 0 spiro atoms. The summed E-state index contributed by atoms with van der Waals surface area (Å²) in [5.74, 6) is -0.370. The second-order valence-electron chi connectivity index (χ2n) is 6.80. The Morgan fingerprint density at radius 3 is 2.63 bits per heavy atom. The molecule has 1 saturated carbocycles. The van der Waals surface area contributed by atoms with Gasteiger partial charge in [-0.1, -0.05) is 0 Å². The zero-order valence-electron chi connectivity index (χ0n) is 15.7. The minimum Gasteiger partial charge on any atom is -0.384 e. The normalized spacial score (nSPS) is 13.6. The lowest BCUT2D eigenvalue weighted by molar-refractivity contribution is -0.131. The van der Waals surface area contributed by atoms with Crippen LogP contribution in [0.2, 0.25) is 0 Å². The van der Waals surface area contributed by atoms with Crippen LogP contribution in [0, 0.1) is 5.92 Å². The number of carbonyl (C=O) groups is 2. The van der Waals surface area contributed by atoms with E-state index in [4.69, 9.17) is 5.73 Å². The van der Waals surface area contributed by atoms with Gasteiger partial charge in [-0.3, -0.25) is 19.0 Å². The summed E-state index contributed by atoms with van der Waals surface area (Å²) in [6.07, 6.45) is 4.00. The van der Waals surface area contributed by atoms with Gasteiger partial charge < -0.3 is 16.0 Å². The number of likely N-dealkylation sites (N-methyl/N-ethyl adjacent to an activating group) is 1. The fraction of sp³-hybridized carbons (Fsp3) is 0.474. The summed E-state index contributed by atoms with van der Waals surface area (Å²) >= 11 is 0. The van der Waals surface area contributed by atoms with Crippen LogP contribution in [-0.4, -0.2) is 45.9 Å². The highest BCUT2D eigenvalue weighted by atomic mass is 16.2. The monoisotopic (exact) mass is 371 g/mol. The predicted molar refractivity (Wildman–Crippen MR) is 104 cm³/mol. The third-order valence-corrected chi connectivity index (χ3v) is 4.94. The molecule has 1 aliphatic rings. The molecule has 0 saturated heterocycles. The molecule has 0 unspecified atom stereocenters. The molecule has 3 N–H and O–H groups in total. The van der Waals surface area contributed by atoms with Crippen molar-refractivity contribution in [1.82, 2.24) is 14.5 Å². The summed E-state index contributed by atoms with van der Waals surface area (Å²) in [6.45, 7) is 5.47. The number of anilines is 1. The molecule has 0 aliphatic heterocycles. The van der Waals surface area contributed by atoms with E-state index in [1.807, 2.05) is 13.8 Å². The van der Waals surface area contributed by atoms with Crippen LogP contribution in [0.3, 0.4) is 0 Å². The number of rotatable bonds is 8. The first-order chi connectivity index (χ1) is 13.0. The smallest absolute Gasteiger partial charge is 0.265 e. The number of amides is 2. The van der Waals surface area contributed by atoms with Crippen LogP contribution in [0.5, 0.6) is 0 Å². The first-order valence-corrected chi connectivity index (χ1v) is 9.30. The third kappa shape index (κ3) is 3.94. The molecule has 0 radical (unpaired) electrons. The highest BCUT2D eigenvalue weighted by Crippen LogP contribution is 2.30. The molecule has 144 valence electrons. The molecule has 3 rings (SSSR count). The molecule has 2 aromatic heterocycles. The van der Waals surface area contributed by atoms with Gasteiger partial charge in [-0.25, -0.2) is 4.98 Å². The predicted octanol–water partition coefficient (Wildman–Crippen LogP) is 1.19. The van der Waals surface area contributed by atoms with Crippen molar-refractivity contribution in [3.8, 4) is 0 Å². The largest absolute Gasteiger partial charge is 0.384 e. The molecule has 2 heterocycles. The topological polar surface area (TPSA) is 110 Å². The quantitative estimate of drug-likeness (QED) is 0.724. The highest BCUT2D eigenvalue weighted by Gasteiger charge is 2.22. The standard InChI is InChI=1S/C19H25N5O3/c1-3-23(4-2)16(25)11-24-18-13(9-14(17(20)26)19(24)27)15(7-8-21-18)22-10-12-5-6-12/h7-9,12H,3-6,10-11H2,1-2H3,(H2,20,26)(H,21,22). The van der Waals surface area contributed by atoms with Crippen LogP contribution in [-0.2, 0) is 11.3 Å². The number of nitrogens with one attached hydrogen (secondary N) is 1. The molecule has 2 aromatic rings. The number of carbonyl (C=O) groups excluding carboxylic acids is 2. The van der Waals surface area contributed by atoms with E-state index in [2.05, 4.69) is 10.3 Å². The molecule has 2 amide bonds. The Balaban J connectivity index is 2.10. The molecule has 0 atom stereocenters. The van der Waals surface area contributed by atoms with Gasteiger partial charge in [-0.2, -0.15) is 0 Å². The summed E-state index contributed by atoms with van der Waals surface area (Å²) in [6, 6.07) is 3.27. The van der Waals surface area contributed by atoms with Crippen LogP contribution in [0.4, 0.5) is 5.69 Å². The van der Waals surface area contributed by atoms with Crippen LogP contribution < -0.4 is 16.6 Å². The molecule has 0 aromatic carbocycles. The van der Waals surface area contributed by atoms with Crippen molar-refractivity contribution in [1.29, 1.82) is 0 Å². The Kier molecular flexibility index (Phi) is 5.43. The maximum absolute atomic E-state index is 12.8. The molecule has 1 aliphatic carbocycles. The van der Waals surface area contributed by atoms with Crippen LogP contribution in [0.1, 0.15) is 37.0 Å². The first-order valence-electron chi connectivity index (χ1n) is 9.30. The number of nitrogens with zero attached hydrogens (tertiary/aromatic N) is 3. The minimum absolute atomic E-state index is 0.141. The second-order valence-corrected chi connectivity index (χ2v) is 6.80. The number of nitrogens with two attached hydrogens (primary N) is 1. The number of hydrogen-bond acceptors (Lipinski definition) is 5. The van der Waals surface area contributed by atoms with E-state index in [1.165, 1.54) is 23.5 Å². The van der Waals surface area contributed by atoms with Gasteiger partial charge in [-0.05, 0) is 44.7 Å². The summed E-state index contributed by atoms with van der Waals surface area (Å²) < 4.78 is 1.25. The van der Waals surface area contributed by atoms with Crippen LogP contribution in [0.25, 0.3) is 11.0 Å². The summed E-state index contributed by atoms with van der Waals surface area (Å²) in [4.78, 5) is 43.1. The highest BCUT2D eigenvalue weighted by molar-refractivity contribution is 5.99. The number of fused-ring (bicyclic) bond motifs is 1. The lowest BCUT2D eigenvalue weighted by atomic mass is 10.1. The van der Waals surface area contributed by atoms with Crippen molar-refractivity contribution in [2.45, 2.75) is 33.2 Å². The van der Waals surface area contributed by atoms with E-state index in [0.717, 1.165) is 12.2 Å². The Hall–Kier alpha value is -2.90.